The second-order valence-electron chi connectivity index (χ2n) is 2.49. The summed E-state index contributed by atoms with van der Waals surface area (Å²) < 4.78 is 1.81. The summed E-state index contributed by atoms with van der Waals surface area (Å²) in [4.78, 5) is 12.2. The minimum atomic E-state index is 0.790. The van der Waals surface area contributed by atoms with E-state index in [1.807, 2.05) is 31.5 Å². The molecule has 14 heavy (non-hydrogen) atoms. The van der Waals surface area contributed by atoms with Crippen LogP contribution >= 0.6 is 0 Å². The third kappa shape index (κ3) is 2.39. The van der Waals surface area contributed by atoms with E-state index in [-0.39, 0.29) is 0 Å². The number of hydrogen-bond acceptors (Lipinski definition) is 3. The molecule has 0 atom stereocenters. The second kappa shape index (κ2) is 5.11. The Morgan fingerprint density at radius 1 is 1.14 bits per heavy atom. The summed E-state index contributed by atoms with van der Waals surface area (Å²) in [5, 5.41) is 0. The number of aromatic nitrogens is 4. The first-order chi connectivity index (χ1) is 6.86. The predicted octanol–water partition coefficient (Wildman–Crippen LogP) is 2.00. The third-order valence-corrected chi connectivity index (χ3v) is 1.54. The van der Waals surface area contributed by atoms with Crippen LogP contribution in [-0.2, 0) is 0 Å². The summed E-state index contributed by atoms with van der Waals surface area (Å²) in [7, 11) is 0. The molecular weight excluding hydrogens is 176 g/mol. The topological polar surface area (TPSA) is 43.6 Å². The maximum Gasteiger partial charge on any atom is 0.156 e. The molecule has 0 bridgehead atoms. The SMILES string of the molecule is CC.Cc1cnc(-n2ccnc2)cn1. The van der Waals surface area contributed by atoms with Gasteiger partial charge in [-0.15, -0.1) is 0 Å². The summed E-state index contributed by atoms with van der Waals surface area (Å²) in [6.07, 6.45) is 8.69. The van der Waals surface area contributed by atoms with Gasteiger partial charge in [0.05, 0.1) is 18.1 Å². The molecule has 0 aromatic carbocycles. The molecule has 0 unspecified atom stereocenters. The number of aryl methyl sites for hydroxylation is 1. The highest BCUT2D eigenvalue weighted by molar-refractivity contribution is 5.17. The van der Waals surface area contributed by atoms with Gasteiger partial charge in [0.1, 0.15) is 6.33 Å². The monoisotopic (exact) mass is 190 g/mol. The van der Waals surface area contributed by atoms with Crippen molar-refractivity contribution in [2.24, 2.45) is 0 Å². The molecular formula is C10H14N4. The number of nitrogens with zero attached hydrogens (tertiary/aromatic N) is 4. The first kappa shape index (κ1) is 10.4. The molecule has 0 fully saturated rings. The highest BCUT2D eigenvalue weighted by Gasteiger charge is 1.95. The Labute approximate surface area is 83.7 Å². The fraction of sp³-hybridized carbons (Fsp3) is 0.300. The van der Waals surface area contributed by atoms with Gasteiger partial charge in [-0.1, -0.05) is 13.8 Å². The Bertz CT molecular complexity index is 350. The van der Waals surface area contributed by atoms with Gasteiger partial charge in [0.15, 0.2) is 5.82 Å². The van der Waals surface area contributed by atoms with Crippen molar-refractivity contribution in [2.45, 2.75) is 20.8 Å². The number of imidazole rings is 1. The zero-order chi connectivity index (χ0) is 10.4. The molecule has 0 aliphatic carbocycles. The van der Waals surface area contributed by atoms with Gasteiger partial charge in [-0.25, -0.2) is 9.97 Å². The Morgan fingerprint density at radius 3 is 2.43 bits per heavy atom. The largest absolute Gasteiger partial charge is 0.289 e. The van der Waals surface area contributed by atoms with Crippen molar-refractivity contribution < 1.29 is 0 Å². The quantitative estimate of drug-likeness (QED) is 0.690. The lowest BCUT2D eigenvalue weighted by molar-refractivity contribution is 0.956. The van der Waals surface area contributed by atoms with Crippen molar-refractivity contribution in [2.75, 3.05) is 0 Å². The smallest absolute Gasteiger partial charge is 0.156 e. The standard InChI is InChI=1S/C8H8N4.C2H6/c1-7-4-11-8(5-10-7)12-3-2-9-6-12;1-2/h2-6H,1H3;1-2H3. The second-order valence-corrected chi connectivity index (χ2v) is 2.49. The van der Waals surface area contributed by atoms with Crippen LogP contribution in [0.25, 0.3) is 5.82 Å². The maximum absolute atomic E-state index is 4.18. The van der Waals surface area contributed by atoms with Crippen molar-refractivity contribution in [3.63, 3.8) is 0 Å². The molecule has 2 aromatic rings. The molecule has 2 aromatic heterocycles. The van der Waals surface area contributed by atoms with Crippen LogP contribution in [0, 0.1) is 6.92 Å². The Morgan fingerprint density at radius 2 is 1.93 bits per heavy atom. The van der Waals surface area contributed by atoms with Gasteiger partial charge in [-0.2, -0.15) is 0 Å². The van der Waals surface area contributed by atoms with Gasteiger partial charge >= 0.3 is 0 Å². The molecule has 2 rings (SSSR count). The van der Waals surface area contributed by atoms with Crippen LogP contribution in [0.3, 0.4) is 0 Å². The molecule has 2 heterocycles. The average molecular weight is 190 g/mol. The van der Waals surface area contributed by atoms with Crippen LogP contribution in [0.1, 0.15) is 19.5 Å². The van der Waals surface area contributed by atoms with Crippen molar-refractivity contribution in [3.8, 4) is 5.82 Å². The molecule has 0 saturated heterocycles. The van der Waals surface area contributed by atoms with Crippen LogP contribution in [-0.4, -0.2) is 19.5 Å². The van der Waals surface area contributed by atoms with Crippen LogP contribution in [0.15, 0.2) is 31.1 Å². The Balaban J connectivity index is 0.000000461. The lowest BCUT2D eigenvalue weighted by atomic mass is 10.5. The first-order valence-corrected chi connectivity index (χ1v) is 4.63. The lowest BCUT2D eigenvalue weighted by Crippen LogP contribution is -1.95. The van der Waals surface area contributed by atoms with E-state index in [2.05, 4.69) is 15.0 Å². The van der Waals surface area contributed by atoms with Gasteiger partial charge in [-0.05, 0) is 6.92 Å². The molecule has 0 saturated carbocycles. The van der Waals surface area contributed by atoms with E-state index >= 15 is 0 Å². The van der Waals surface area contributed by atoms with Gasteiger partial charge in [0.25, 0.3) is 0 Å². The average Bonchev–Trinajstić information content (AvgIpc) is 2.75. The van der Waals surface area contributed by atoms with E-state index in [9.17, 15) is 0 Å². The minimum Gasteiger partial charge on any atom is -0.289 e. The highest BCUT2D eigenvalue weighted by atomic mass is 15.1. The van der Waals surface area contributed by atoms with E-state index in [1.54, 1.807) is 24.9 Å². The Kier molecular flexibility index (Phi) is 3.79. The van der Waals surface area contributed by atoms with Crippen LogP contribution in [0.4, 0.5) is 0 Å². The van der Waals surface area contributed by atoms with Crippen molar-refractivity contribution in [3.05, 3.63) is 36.8 Å². The van der Waals surface area contributed by atoms with Crippen molar-refractivity contribution in [1.82, 2.24) is 19.5 Å². The van der Waals surface area contributed by atoms with Crippen LogP contribution in [0.2, 0.25) is 0 Å². The molecule has 0 N–H and O–H groups in total. The normalized spacial score (nSPS) is 9.07. The molecule has 0 aliphatic heterocycles. The maximum atomic E-state index is 4.18. The third-order valence-electron chi connectivity index (χ3n) is 1.54. The summed E-state index contributed by atoms with van der Waals surface area (Å²) in [6.45, 7) is 5.91. The summed E-state index contributed by atoms with van der Waals surface area (Å²) in [5.74, 6) is 0.790. The fourth-order valence-corrected chi connectivity index (χ4v) is 0.914. The minimum absolute atomic E-state index is 0.790. The van der Waals surface area contributed by atoms with E-state index in [4.69, 9.17) is 0 Å². The zero-order valence-electron chi connectivity index (χ0n) is 8.68. The molecule has 74 valence electrons. The summed E-state index contributed by atoms with van der Waals surface area (Å²) in [5.41, 5.74) is 0.916. The number of hydrogen-bond donors (Lipinski definition) is 0. The van der Waals surface area contributed by atoms with Crippen molar-refractivity contribution in [1.29, 1.82) is 0 Å². The number of rotatable bonds is 1. The highest BCUT2D eigenvalue weighted by Crippen LogP contribution is 2.00. The molecule has 4 nitrogen and oxygen atoms in total. The van der Waals surface area contributed by atoms with Gasteiger partial charge in [-0.3, -0.25) is 9.55 Å². The predicted molar refractivity (Wildman–Crippen MR) is 55.2 cm³/mol. The molecule has 0 aliphatic rings. The Hall–Kier alpha value is -1.71. The molecule has 0 spiro atoms. The first-order valence-electron chi connectivity index (χ1n) is 4.63. The van der Waals surface area contributed by atoms with Gasteiger partial charge in [0.2, 0.25) is 0 Å². The van der Waals surface area contributed by atoms with Crippen LogP contribution in [0.5, 0.6) is 0 Å². The molecule has 4 heteroatoms. The summed E-state index contributed by atoms with van der Waals surface area (Å²) >= 11 is 0. The van der Waals surface area contributed by atoms with E-state index in [0.29, 0.717) is 0 Å². The van der Waals surface area contributed by atoms with Crippen LogP contribution < -0.4 is 0 Å². The molecule has 0 amide bonds. The molecule has 0 radical (unpaired) electrons. The van der Waals surface area contributed by atoms with Gasteiger partial charge in [0, 0.05) is 12.4 Å². The fourth-order valence-electron chi connectivity index (χ4n) is 0.914. The van der Waals surface area contributed by atoms with Crippen molar-refractivity contribution >= 4 is 0 Å². The van der Waals surface area contributed by atoms with E-state index in [1.165, 1.54) is 0 Å². The zero-order valence-corrected chi connectivity index (χ0v) is 8.68. The van der Waals surface area contributed by atoms with Gasteiger partial charge < -0.3 is 0 Å². The van der Waals surface area contributed by atoms with E-state index in [0.717, 1.165) is 11.5 Å². The lowest BCUT2D eigenvalue weighted by Gasteiger charge is -1.98. The summed E-state index contributed by atoms with van der Waals surface area (Å²) in [6, 6.07) is 0. The van der Waals surface area contributed by atoms with E-state index < -0.39 is 0 Å².